The SMILES string of the molecule is C[C@@H](NC1CCCCCC1O)c1cccc(Cl)c1. The summed E-state index contributed by atoms with van der Waals surface area (Å²) in [5.41, 5.74) is 1.18. The van der Waals surface area contributed by atoms with Gasteiger partial charge in [0.1, 0.15) is 0 Å². The number of aliphatic hydroxyl groups excluding tert-OH is 1. The van der Waals surface area contributed by atoms with Gasteiger partial charge in [-0.1, -0.05) is 43.0 Å². The van der Waals surface area contributed by atoms with Crippen molar-refractivity contribution in [1.82, 2.24) is 5.32 Å². The molecule has 0 aliphatic heterocycles. The van der Waals surface area contributed by atoms with Crippen molar-refractivity contribution < 1.29 is 5.11 Å². The molecule has 3 atom stereocenters. The molecular formula is C15H22ClNO. The van der Waals surface area contributed by atoms with Gasteiger partial charge >= 0.3 is 0 Å². The molecule has 2 N–H and O–H groups in total. The Morgan fingerprint density at radius 1 is 1.28 bits per heavy atom. The van der Waals surface area contributed by atoms with Crippen LogP contribution in [0.25, 0.3) is 0 Å². The zero-order valence-corrected chi connectivity index (χ0v) is 11.7. The van der Waals surface area contributed by atoms with Gasteiger partial charge in [0.05, 0.1) is 6.10 Å². The monoisotopic (exact) mass is 267 g/mol. The Morgan fingerprint density at radius 3 is 2.83 bits per heavy atom. The molecule has 1 aliphatic rings. The maximum absolute atomic E-state index is 10.1. The van der Waals surface area contributed by atoms with Gasteiger partial charge in [0.15, 0.2) is 0 Å². The summed E-state index contributed by atoms with van der Waals surface area (Å²) in [5.74, 6) is 0. The lowest BCUT2D eigenvalue weighted by atomic mass is 10.0. The molecule has 0 amide bonds. The highest BCUT2D eigenvalue weighted by atomic mass is 35.5. The summed E-state index contributed by atoms with van der Waals surface area (Å²) in [6.07, 6.45) is 5.35. The average Bonchev–Trinajstić information content (AvgIpc) is 2.55. The summed E-state index contributed by atoms with van der Waals surface area (Å²) in [4.78, 5) is 0. The molecule has 3 heteroatoms. The summed E-state index contributed by atoms with van der Waals surface area (Å²) in [6, 6.07) is 8.36. The van der Waals surface area contributed by atoms with Gasteiger partial charge in [0.25, 0.3) is 0 Å². The second kappa shape index (κ2) is 6.55. The highest BCUT2D eigenvalue weighted by molar-refractivity contribution is 6.30. The van der Waals surface area contributed by atoms with Crippen molar-refractivity contribution in [3.63, 3.8) is 0 Å². The topological polar surface area (TPSA) is 32.3 Å². The van der Waals surface area contributed by atoms with Crippen molar-refractivity contribution in [1.29, 1.82) is 0 Å². The van der Waals surface area contributed by atoms with E-state index >= 15 is 0 Å². The maximum atomic E-state index is 10.1. The van der Waals surface area contributed by atoms with Crippen LogP contribution >= 0.6 is 11.6 Å². The lowest BCUT2D eigenvalue weighted by molar-refractivity contribution is 0.115. The quantitative estimate of drug-likeness (QED) is 0.819. The van der Waals surface area contributed by atoms with E-state index in [4.69, 9.17) is 11.6 Å². The smallest absolute Gasteiger partial charge is 0.0693 e. The second-order valence-corrected chi connectivity index (χ2v) is 5.69. The summed E-state index contributed by atoms with van der Waals surface area (Å²) in [5, 5.41) is 14.4. The van der Waals surface area contributed by atoms with E-state index in [0.717, 1.165) is 24.3 Å². The fraction of sp³-hybridized carbons (Fsp3) is 0.600. The third-order valence-corrected chi connectivity index (χ3v) is 4.03. The fourth-order valence-corrected chi connectivity index (χ4v) is 2.87. The third-order valence-electron chi connectivity index (χ3n) is 3.79. The van der Waals surface area contributed by atoms with E-state index in [1.54, 1.807) is 0 Å². The zero-order valence-electron chi connectivity index (χ0n) is 10.9. The van der Waals surface area contributed by atoms with Gasteiger partial charge in [-0.2, -0.15) is 0 Å². The molecule has 1 saturated carbocycles. The summed E-state index contributed by atoms with van der Waals surface area (Å²) in [6.45, 7) is 2.13. The predicted molar refractivity (Wildman–Crippen MR) is 75.9 cm³/mol. The Morgan fingerprint density at radius 2 is 2.06 bits per heavy atom. The molecule has 0 spiro atoms. The first kappa shape index (κ1) is 13.9. The van der Waals surface area contributed by atoms with Gasteiger partial charge in [-0.25, -0.2) is 0 Å². The van der Waals surface area contributed by atoms with Gasteiger partial charge < -0.3 is 10.4 Å². The van der Waals surface area contributed by atoms with E-state index in [1.807, 2.05) is 18.2 Å². The summed E-state index contributed by atoms with van der Waals surface area (Å²) in [7, 11) is 0. The molecule has 100 valence electrons. The Balaban J connectivity index is 1.99. The van der Waals surface area contributed by atoms with Crippen molar-refractivity contribution in [3.05, 3.63) is 34.9 Å². The summed E-state index contributed by atoms with van der Waals surface area (Å²) < 4.78 is 0. The highest BCUT2D eigenvalue weighted by Crippen LogP contribution is 2.22. The van der Waals surface area contributed by atoms with Crippen LogP contribution in [-0.2, 0) is 0 Å². The third kappa shape index (κ3) is 3.71. The van der Waals surface area contributed by atoms with Crippen LogP contribution in [0.5, 0.6) is 0 Å². The van der Waals surface area contributed by atoms with E-state index in [-0.39, 0.29) is 18.2 Å². The van der Waals surface area contributed by atoms with Gasteiger partial charge in [-0.15, -0.1) is 0 Å². The highest BCUT2D eigenvalue weighted by Gasteiger charge is 2.23. The molecule has 18 heavy (non-hydrogen) atoms. The minimum absolute atomic E-state index is 0.210. The maximum Gasteiger partial charge on any atom is 0.0693 e. The molecule has 1 aliphatic carbocycles. The van der Waals surface area contributed by atoms with Crippen molar-refractivity contribution in [2.75, 3.05) is 0 Å². The molecule has 1 fully saturated rings. The second-order valence-electron chi connectivity index (χ2n) is 5.26. The molecule has 2 unspecified atom stereocenters. The van der Waals surface area contributed by atoms with Crippen molar-refractivity contribution in [2.24, 2.45) is 0 Å². The van der Waals surface area contributed by atoms with E-state index < -0.39 is 0 Å². The number of nitrogens with one attached hydrogen (secondary N) is 1. The Hall–Kier alpha value is -0.570. The van der Waals surface area contributed by atoms with Gasteiger partial charge in [-0.05, 0) is 37.5 Å². The number of hydrogen-bond donors (Lipinski definition) is 2. The van der Waals surface area contributed by atoms with E-state index in [2.05, 4.69) is 18.3 Å². The first-order valence-electron chi connectivity index (χ1n) is 6.86. The summed E-state index contributed by atoms with van der Waals surface area (Å²) >= 11 is 6.01. The lowest BCUT2D eigenvalue weighted by Crippen LogP contribution is -2.40. The van der Waals surface area contributed by atoms with Gasteiger partial charge in [-0.3, -0.25) is 0 Å². The van der Waals surface area contributed by atoms with E-state index in [1.165, 1.54) is 18.4 Å². The molecule has 0 saturated heterocycles. The van der Waals surface area contributed by atoms with Gasteiger partial charge in [0.2, 0.25) is 0 Å². The normalized spacial score (nSPS) is 26.6. The molecule has 0 bridgehead atoms. The van der Waals surface area contributed by atoms with Crippen LogP contribution in [0.2, 0.25) is 5.02 Å². The number of benzene rings is 1. The molecule has 0 radical (unpaired) electrons. The van der Waals surface area contributed by atoms with E-state index in [0.29, 0.717) is 0 Å². The van der Waals surface area contributed by atoms with Crippen molar-refractivity contribution in [2.45, 2.75) is 57.2 Å². The Labute approximate surface area is 114 Å². The molecule has 1 aromatic rings. The molecule has 0 heterocycles. The van der Waals surface area contributed by atoms with Crippen LogP contribution in [-0.4, -0.2) is 17.3 Å². The number of hydrogen-bond acceptors (Lipinski definition) is 2. The minimum atomic E-state index is -0.214. The van der Waals surface area contributed by atoms with Crippen LogP contribution in [0.3, 0.4) is 0 Å². The van der Waals surface area contributed by atoms with Crippen molar-refractivity contribution in [3.8, 4) is 0 Å². The van der Waals surface area contributed by atoms with Crippen LogP contribution in [0.4, 0.5) is 0 Å². The standard InChI is InChI=1S/C15H22ClNO/c1-11(12-6-5-7-13(16)10-12)17-14-8-3-2-4-9-15(14)18/h5-7,10-11,14-15,17-18H,2-4,8-9H2,1H3/t11-,14?,15?/m1/s1. The fourth-order valence-electron chi connectivity index (χ4n) is 2.68. The number of halogens is 1. The molecule has 0 aromatic heterocycles. The van der Waals surface area contributed by atoms with Gasteiger partial charge in [0, 0.05) is 17.1 Å². The predicted octanol–water partition coefficient (Wildman–Crippen LogP) is 3.68. The molecule has 2 rings (SSSR count). The average molecular weight is 268 g/mol. The molecule has 1 aromatic carbocycles. The van der Waals surface area contributed by atoms with Crippen LogP contribution in [0.15, 0.2) is 24.3 Å². The lowest BCUT2D eigenvalue weighted by Gasteiger charge is -2.26. The first-order chi connectivity index (χ1) is 8.66. The Kier molecular flexibility index (Phi) is 5.04. The number of aliphatic hydroxyl groups is 1. The number of rotatable bonds is 3. The first-order valence-corrected chi connectivity index (χ1v) is 7.24. The molecular weight excluding hydrogens is 246 g/mol. The van der Waals surface area contributed by atoms with Crippen molar-refractivity contribution >= 4 is 11.6 Å². The largest absolute Gasteiger partial charge is 0.392 e. The molecule has 2 nitrogen and oxygen atoms in total. The van der Waals surface area contributed by atoms with Crippen LogP contribution in [0, 0.1) is 0 Å². The van der Waals surface area contributed by atoms with Crippen LogP contribution < -0.4 is 5.32 Å². The minimum Gasteiger partial charge on any atom is -0.392 e. The Bertz CT molecular complexity index is 383. The van der Waals surface area contributed by atoms with E-state index in [9.17, 15) is 5.11 Å². The van der Waals surface area contributed by atoms with Crippen LogP contribution in [0.1, 0.15) is 50.6 Å². The zero-order chi connectivity index (χ0) is 13.0.